The van der Waals surface area contributed by atoms with E-state index in [4.69, 9.17) is 4.98 Å². The number of halogens is 1. The fourth-order valence-corrected chi connectivity index (χ4v) is 6.36. The number of hydrogen-bond acceptors (Lipinski definition) is 9. The average Bonchev–Trinajstić information content (AvgIpc) is 3.43. The minimum atomic E-state index is -0.713. The van der Waals surface area contributed by atoms with Crippen LogP contribution in [-0.2, 0) is 0 Å². The topological polar surface area (TPSA) is 84.2 Å². The van der Waals surface area contributed by atoms with Crippen LogP contribution in [0, 0.1) is 18.3 Å². The summed E-state index contributed by atoms with van der Waals surface area (Å²) >= 11 is 1.41. The van der Waals surface area contributed by atoms with Crippen molar-refractivity contribution < 1.29 is 4.39 Å². The first-order chi connectivity index (χ1) is 16.0. The van der Waals surface area contributed by atoms with Gasteiger partial charge in [0, 0.05) is 57.1 Å². The van der Waals surface area contributed by atoms with Crippen molar-refractivity contribution in [3.8, 4) is 6.07 Å². The number of rotatable bonds is 6. The number of alkyl halides is 1. The van der Waals surface area contributed by atoms with E-state index in [0.717, 1.165) is 49.2 Å². The van der Waals surface area contributed by atoms with Gasteiger partial charge in [-0.05, 0) is 49.7 Å². The highest BCUT2D eigenvalue weighted by molar-refractivity contribution is 7.10. The van der Waals surface area contributed by atoms with Gasteiger partial charge >= 0.3 is 0 Å². The van der Waals surface area contributed by atoms with E-state index in [9.17, 15) is 9.65 Å². The van der Waals surface area contributed by atoms with Crippen molar-refractivity contribution in [2.75, 3.05) is 49.5 Å². The number of nitrogens with zero attached hydrogens (tertiary/aromatic N) is 7. The van der Waals surface area contributed by atoms with Gasteiger partial charge in [-0.1, -0.05) is 0 Å². The molecule has 2 aromatic heterocycles. The van der Waals surface area contributed by atoms with Gasteiger partial charge in [-0.3, -0.25) is 9.80 Å². The fraction of sp³-hybridized carbons (Fsp3) is 0.652. The van der Waals surface area contributed by atoms with Crippen molar-refractivity contribution in [2.45, 2.75) is 56.3 Å². The van der Waals surface area contributed by atoms with E-state index >= 15 is 0 Å². The second kappa shape index (κ2) is 8.15. The first-order valence-electron chi connectivity index (χ1n) is 11.9. The van der Waals surface area contributed by atoms with Crippen LogP contribution in [0.2, 0.25) is 0 Å². The summed E-state index contributed by atoms with van der Waals surface area (Å²) in [6.45, 7) is 6.74. The molecule has 1 saturated carbocycles. The van der Waals surface area contributed by atoms with Crippen LogP contribution in [0.25, 0.3) is 0 Å². The molecular formula is C23H29FN8S. The van der Waals surface area contributed by atoms with Crippen LogP contribution in [-0.4, -0.2) is 81.2 Å². The zero-order valence-corrected chi connectivity index (χ0v) is 19.7. The summed E-state index contributed by atoms with van der Waals surface area (Å²) in [5, 5.41) is 13.9. The number of anilines is 3. The highest BCUT2D eigenvalue weighted by Gasteiger charge is 2.51. The molecule has 0 unspecified atom stereocenters. The van der Waals surface area contributed by atoms with Crippen molar-refractivity contribution in [3.05, 3.63) is 23.5 Å². The highest BCUT2D eigenvalue weighted by Crippen LogP contribution is 2.46. The molecule has 33 heavy (non-hydrogen) atoms. The van der Waals surface area contributed by atoms with Crippen LogP contribution in [0.5, 0.6) is 0 Å². The molecule has 0 spiro atoms. The van der Waals surface area contributed by atoms with Crippen molar-refractivity contribution >= 4 is 28.3 Å². The maximum absolute atomic E-state index is 14.0. The van der Waals surface area contributed by atoms with Gasteiger partial charge < -0.3 is 10.2 Å². The molecule has 8 nitrogen and oxygen atoms in total. The highest BCUT2D eigenvalue weighted by atomic mass is 32.1. The third kappa shape index (κ3) is 3.96. The van der Waals surface area contributed by atoms with E-state index in [0.29, 0.717) is 31.3 Å². The van der Waals surface area contributed by atoms with E-state index in [-0.39, 0.29) is 11.6 Å². The first kappa shape index (κ1) is 21.2. The Morgan fingerprint density at radius 3 is 2.88 bits per heavy atom. The molecule has 3 saturated heterocycles. The Morgan fingerprint density at radius 2 is 2.15 bits per heavy atom. The summed E-state index contributed by atoms with van der Waals surface area (Å²) in [6.07, 6.45) is 4.73. The molecule has 10 heteroatoms. The lowest BCUT2D eigenvalue weighted by Gasteiger charge is -2.58. The van der Waals surface area contributed by atoms with Gasteiger partial charge in [0.25, 0.3) is 0 Å². The smallest absolute Gasteiger partial charge is 0.229 e. The fourth-order valence-electron chi connectivity index (χ4n) is 5.71. The van der Waals surface area contributed by atoms with E-state index < -0.39 is 6.17 Å². The van der Waals surface area contributed by atoms with Gasteiger partial charge in [-0.25, -0.2) is 9.37 Å². The molecule has 6 rings (SSSR count). The molecule has 0 amide bonds. The lowest BCUT2D eigenvalue weighted by atomic mass is 9.83. The van der Waals surface area contributed by atoms with Crippen LogP contribution in [0.4, 0.5) is 21.2 Å². The van der Waals surface area contributed by atoms with Crippen LogP contribution < -0.4 is 10.2 Å². The second-order valence-corrected chi connectivity index (χ2v) is 10.9. The summed E-state index contributed by atoms with van der Waals surface area (Å²) < 4.78 is 18.3. The number of nitriles is 1. The zero-order chi connectivity index (χ0) is 22.6. The van der Waals surface area contributed by atoms with Gasteiger partial charge in [0.15, 0.2) is 0 Å². The molecule has 0 aromatic carbocycles. The minimum Gasteiger partial charge on any atom is -0.352 e. The van der Waals surface area contributed by atoms with Gasteiger partial charge in [0.2, 0.25) is 5.95 Å². The molecule has 2 aromatic rings. The third-order valence-electron chi connectivity index (χ3n) is 7.59. The van der Waals surface area contributed by atoms with Crippen LogP contribution in [0.15, 0.2) is 12.3 Å². The normalized spacial score (nSPS) is 27.1. The largest absolute Gasteiger partial charge is 0.352 e. The van der Waals surface area contributed by atoms with E-state index in [2.05, 4.69) is 35.4 Å². The summed E-state index contributed by atoms with van der Waals surface area (Å²) in [5.41, 5.74) is 2.01. The summed E-state index contributed by atoms with van der Waals surface area (Å²) in [7, 11) is 0. The standard InChI is InChI=1S/C23H29FN8S/c1-15-8-20(33-29-15)27-22-26-10-19(16-2-3-16)21(28-22)31-13-23(14-31,4-5-25)32-7-6-30-11-17(24)9-18(30)12-32/h8,10,16-18H,2-4,6-7,9,11-14H2,1H3,(H,26,27,28)/t17-,18+/m1/s1. The third-order valence-corrected chi connectivity index (χ3v) is 8.39. The van der Waals surface area contributed by atoms with E-state index in [1.807, 2.05) is 19.2 Å². The van der Waals surface area contributed by atoms with Gasteiger partial charge in [-0.15, -0.1) is 0 Å². The molecule has 3 aliphatic heterocycles. The quantitative estimate of drug-likeness (QED) is 0.693. The Balaban J connectivity index is 1.22. The predicted octanol–water partition coefficient (Wildman–Crippen LogP) is 3.06. The zero-order valence-electron chi connectivity index (χ0n) is 18.9. The number of nitrogens with one attached hydrogen (secondary N) is 1. The number of aromatic nitrogens is 3. The molecule has 4 aliphatic rings. The molecular weight excluding hydrogens is 439 g/mol. The molecule has 1 aliphatic carbocycles. The average molecular weight is 469 g/mol. The molecule has 0 bridgehead atoms. The predicted molar refractivity (Wildman–Crippen MR) is 126 cm³/mol. The van der Waals surface area contributed by atoms with Crippen molar-refractivity contribution in [1.29, 1.82) is 5.26 Å². The van der Waals surface area contributed by atoms with Crippen LogP contribution in [0.1, 0.15) is 42.9 Å². The molecule has 1 N–H and O–H groups in total. The van der Waals surface area contributed by atoms with Gasteiger partial charge in [-0.2, -0.15) is 14.6 Å². The molecule has 5 heterocycles. The van der Waals surface area contributed by atoms with Crippen molar-refractivity contribution in [1.82, 2.24) is 24.1 Å². The van der Waals surface area contributed by atoms with Crippen LogP contribution >= 0.6 is 11.5 Å². The lowest BCUT2D eigenvalue weighted by molar-refractivity contribution is -0.000645. The second-order valence-electron chi connectivity index (χ2n) is 10.0. The van der Waals surface area contributed by atoms with Gasteiger partial charge in [0.1, 0.15) is 17.0 Å². The number of piperazine rings is 1. The SMILES string of the molecule is Cc1cc(Nc2ncc(C3CC3)c(N3CC(CC#N)(N4CCN5C[C@H](F)C[C@H]5C4)C3)n2)sn1. The van der Waals surface area contributed by atoms with Gasteiger partial charge in [0.05, 0.1) is 23.7 Å². The Labute approximate surface area is 197 Å². The molecule has 174 valence electrons. The Hall–Kier alpha value is -2.35. The molecule has 0 radical (unpaired) electrons. The maximum atomic E-state index is 14.0. The summed E-state index contributed by atoms with van der Waals surface area (Å²) in [4.78, 5) is 16.6. The number of aryl methyl sites for hydroxylation is 1. The Bertz CT molecular complexity index is 1070. The molecule has 2 atom stereocenters. The Morgan fingerprint density at radius 1 is 1.30 bits per heavy atom. The summed E-state index contributed by atoms with van der Waals surface area (Å²) in [6, 6.07) is 4.71. The van der Waals surface area contributed by atoms with Crippen molar-refractivity contribution in [3.63, 3.8) is 0 Å². The summed E-state index contributed by atoms with van der Waals surface area (Å²) in [5.74, 6) is 2.12. The first-order valence-corrected chi connectivity index (χ1v) is 12.6. The van der Waals surface area contributed by atoms with Crippen molar-refractivity contribution in [2.24, 2.45) is 0 Å². The lowest BCUT2D eigenvalue weighted by Crippen LogP contribution is -2.73. The minimum absolute atomic E-state index is 0.177. The maximum Gasteiger partial charge on any atom is 0.229 e. The van der Waals surface area contributed by atoms with E-state index in [1.165, 1.54) is 29.9 Å². The van der Waals surface area contributed by atoms with E-state index in [1.54, 1.807) is 0 Å². The number of fused-ring (bicyclic) bond motifs is 1. The Kier molecular flexibility index (Phi) is 5.24. The molecule has 4 fully saturated rings. The monoisotopic (exact) mass is 468 g/mol. The number of hydrogen-bond donors (Lipinski definition) is 1. The van der Waals surface area contributed by atoms with Crippen LogP contribution in [0.3, 0.4) is 0 Å².